The Morgan fingerprint density at radius 3 is 3.00 bits per heavy atom. The normalized spacial score (nSPS) is 20.0. The van der Waals surface area contributed by atoms with Crippen LogP contribution < -0.4 is 5.32 Å². The molecule has 1 heterocycles. The number of pyridine rings is 1. The summed E-state index contributed by atoms with van der Waals surface area (Å²) in [5.74, 6) is -1.02. The first kappa shape index (κ1) is 15.9. The maximum Gasteiger partial charge on any atom is 0.227 e. The number of aliphatic hydroxyl groups excluding tert-OH is 1. The van der Waals surface area contributed by atoms with Crippen LogP contribution in [0.25, 0.3) is 0 Å². The molecule has 2 N–H and O–H groups in total. The number of amides is 1. The van der Waals surface area contributed by atoms with E-state index in [2.05, 4.69) is 10.3 Å². The Balaban J connectivity index is 1.73. The molecule has 0 spiro atoms. The number of aromatic nitrogens is 1. The molecule has 4 nitrogen and oxygen atoms in total. The van der Waals surface area contributed by atoms with Crippen molar-refractivity contribution >= 4 is 17.5 Å². The lowest BCUT2D eigenvalue weighted by atomic mass is 9.83. The molecule has 2 aromatic rings. The summed E-state index contributed by atoms with van der Waals surface area (Å²) in [4.78, 5) is 16.6. The van der Waals surface area contributed by atoms with E-state index in [4.69, 9.17) is 11.6 Å². The molecule has 0 bridgehead atoms. The van der Waals surface area contributed by atoms with E-state index in [-0.39, 0.29) is 18.4 Å². The van der Waals surface area contributed by atoms with Gasteiger partial charge in [0.2, 0.25) is 5.91 Å². The molecule has 23 heavy (non-hydrogen) atoms. The van der Waals surface area contributed by atoms with Crippen LogP contribution in [0.15, 0.2) is 36.5 Å². The van der Waals surface area contributed by atoms with Crippen molar-refractivity contribution in [3.05, 3.63) is 64.2 Å². The highest BCUT2D eigenvalue weighted by molar-refractivity contribution is 6.30. The van der Waals surface area contributed by atoms with Gasteiger partial charge in [0.1, 0.15) is 5.82 Å². The van der Waals surface area contributed by atoms with Crippen molar-refractivity contribution in [1.29, 1.82) is 0 Å². The zero-order valence-electron chi connectivity index (χ0n) is 12.3. The van der Waals surface area contributed by atoms with Gasteiger partial charge in [-0.1, -0.05) is 23.7 Å². The fraction of sp³-hybridized carbons (Fsp3) is 0.294. The average Bonchev–Trinajstić information content (AvgIpc) is 2.54. The summed E-state index contributed by atoms with van der Waals surface area (Å²) < 4.78 is 13.8. The van der Waals surface area contributed by atoms with Crippen LogP contribution in [-0.2, 0) is 11.3 Å². The first-order valence-electron chi connectivity index (χ1n) is 7.41. The largest absolute Gasteiger partial charge is 0.387 e. The van der Waals surface area contributed by atoms with Gasteiger partial charge in [0.05, 0.1) is 17.7 Å². The molecule has 120 valence electrons. The Kier molecular flexibility index (Phi) is 4.59. The SMILES string of the molecule is O=C(NCc1ccc(Cl)cc1F)[C@@H]1CC[C@H](O)c2ncccc21. The predicted octanol–water partition coefficient (Wildman–Crippen LogP) is 3.10. The molecule has 1 aromatic carbocycles. The van der Waals surface area contributed by atoms with E-state index in [1.165, 1.54) is 6.07 Å². The van der Waals surface area contributed by atoms with Crippen molar-refractivity contribution in [1.82, 2.24) is 10.3 Å². The number of hydrogen-bond acceptors (Lipinski definition) is 3. The molecular weight excluding hydrogens is 319 g/mol. The summed E-state index contributed by atoms with van der Waals surface area (Å²) in [5.41, 5.74) is 1.67. The first-order valence-corrected chi connectivity index (χ1v) is 7.78. The van der Waals surface area contributed by atoms with E-state index in [0.29, 0.717) is 29.1 Å². The fourth-order valence-corrected chi connectivity index (χ4v) is 3.02. The van der Waals surface area contributed by atoms with Crippen LogP contribution >= 0.6 is 11.6 Å². The van der Waals surface area contributed by atoms with Gasteiger partial charge in [-0.25, -0.2) is 4.39 Å². The fourth-order valence-electron chi connectivity index (χ4n) is 2.86. The molecule has 0 saturated heterocycles. The molecule has 1 aromatic heterocycles. The van der Waals surface area contributed by atoms with Crippen molar-refractivity contribution in [3.63, 3.8) is 0 Å². The second-order valence-corrected chi connectivity index (χ2v) is 6.01. The second kappa shape index (κ2) is 6.64. The number of halogens is 2. The van der Waals surface area contributed by atoms with Crippen LogP contribution in [0.1, 0.15) is 41.7 Å². The Hall–Kier alpha value is -1.98. The standard InChI is InChI=1S/C17H16ClFN2O2/c18-11-4-3-10(14(19)8-11)9-21-17(23)13-5-6-15(22)16-12(13)2-1-7-20-16/h1-4,7-8,13,15,22H,5-6,9H2,(H,21,23)/t13-,15+/m1/s1. The lowest BCUT2D eigenvalue weighted by Crippen LogP contribution is -2.32. The summed E-state index contributed by atoms with van der Waals surface area (Å²) in [6.45, 7) is 0.0937. The summed E-state index contributed by atoms with van der Waals surface area (Å²) in [6.07, 6.45) is 1.99. The Labute approximate surface area is 138 Å². The topological polar surface area (TPSA) is 62.2 Å². The quantitative estimate of drug-likeness (QED) is 0.906. The molecule has 0 aliphatic heterocycles. The Bertz CT molecular complexity index is 738. The van der Waals surface area contributed by atoms with Gasteiger partial charge in [0.25, 0.3) is 0 Å². The number of carbonyl (C=O) groups is 1. The highest BCUT2D eigenvalue weighted by atomic mass is 35.5. The van der Waals surface area contributed by atoms with Gasteiger partial charge in [-0.2, -0.15) is 0 Å². The Morgan fingerprint density at radius 2 is 2.22 bits per heavy atom. The van der Waals surface area contributed by atoms with E-state index in [0.717, 1.165) is 5.56 Å². The van der Waals surface area contributed by atoms with Crippen LogP contribution in [-0.4, -0.2) is 16.0 Å². The predicted molar refractivity (Wildman–Crippen MR) is 84.4 cm³/mol. The summed E-state index contributed by atoms with van der Waals surface area (Å²) >= 11 is 5.71. The van der Waals surface area contributed by atoms with E-state index in [1.54, 1.807) is 30.5 Å². The second-order valence-electron chi connectivity index (χ2n) is 5.58. The van der Waals surface area contributed by atoms with Crippen LogP contribution in [0.2, 0.25) is 5.02 Å². The molecule has 0 radical (unpaired) electrons. The molecule has 2 atom stereocenters. The van der Waals surface area contributed by atoms with Crippen LogP contribution in [0, 0.1) is 5.82 Å². The highest BCUT2D eigenvalue weighted by Crippen LogP contribution is 2.36. The van der Waals surface area contributed by atoms with Gasteiger partial charge in [0.15, 0.2) is 0 Å². The third-order valence-corrected chi connectivity index (χ3v) is 4.31. The van der Waals surface area contributed by atoms with Gasteiger partial charge in [-0.05, 0) is 36.6 Å². The number of benzene rings is 1. The molecule has 0 fully saturated rings. The molecule has 1 aliphatic carbocycles. The number of rotatable bonds is 3. The minimum absolute atomic E-state index is 0.0937. The summed E-state index contributed by atoms with van der Waals surface area (Å²) in [7, 11) is 0. The van der Waals surface area contributed by atoms with Gasteiger partial charge in [0, 0.05) is 23.3 Å². The van der Waals surface area contributed by atoms with Crippen molar-refractivity contribution in [3.8, 4) is 0 Å². The minimum Gasteiger partial charge on any atom is -0.387 e. The number of hydrogen-bond donors (Lipinski definition) is 2. The van der Waals surface area contributed by atoms with Crippen molar-refractivity contribution in [2.45, 2.75) is 31.4 Å². The molecule has 0 unspecified atom stereocenters. The molecular formula is C17H16ClFN2O2. The summed E-state index contributed by atoms with van der Waals surface area (Å²) in [6, 6.07) is 7.91. The van der Waals surface area contributed by atoms with Gasteiger partial charge in [-0.15, -0.1) is 0 Å². The average molecular weight is 335 g/mol. The van der Waals surface area contributed by atoms with Crippen molar-refractivity contribution in [2.24, 2.45) is 0 Å². The lowest BCUT2D eigenvalue weighted by Gasteiger charge is -2.27. The number of fused-ring (bicyclic) bond motifs is 1. The van der Waals surface area contributed by atoms with E-state index in [9.17, 15) is 14.3 Å². The van der Waals surface area contributed by atoms with E-state index < -0.39 is 11.9 Å². The van der Waals surface area contributed by atoms with Crippen LogP contribution in [0.3, 0.4) is 0 Å². The third-order valence-electron chi connectivity index (χ3n) is 4.08. The maximum atomic E-state index is 13.8. The first-order chi connectivity index (χ1) is 11.1. The van der Waals surface area contributed by atoms with Gasteiger partial charge in [-0.3, -0.25) is 9.78 Å². The zero-order chi connectivity index (χ0) is 16.4. The van der Waals surface area contributed by atoms with Gasteiger partial charge >= 0.3 is 0 Å². The number of aliphatic hydroxyl groups is 1. The van der Waals surface area contributed by atoms with E-state index in [1.807, 2.05) is 0 Å². The zero-order valence-corrected chi connectivity index (χ0v) is 13.1. The van der Waals surface area contributed by atoms with Gasteiger partial charge < -0.3 is 10.4 Å². The minimum atomic E-state index is -0.635. The molecule has 6 heteroatoms. The molecule has 3 rings (SSSR count). The number of nitrogens with zero attached hydrogens (tertiary/aromatic N) is 1. The van der Waals surface area contributed by atoms with Crippen molar-refractivity contribution in [2.75, 3.05) is 0 Å². The number of carbonyl (C=O) groups excluding carboxylic acids is 1. The monoisotopic (exact) mass is 334 g/mol. The van der Waals surface area contributed by atoms with Crippen LogP contribution in [0.4, 0.5) is 4.39 Å². The maximum absolute atomic E-state index is 13.8. The molecule has 1 amide bonds. The highest BCUT2D eigenvalue weighted by Gasteiger charge is 2.31. The smallest absolute Gasteiger partial charge is 0.227 e. The molecule has 1 aliphatic rings. The number of nitrogens with one attached hydrogen (secondary N) is 1. The van der Waals surface area contributed by atoms with Crippen molar-refractivity contribution < 1.29 is 14.3 Å². The third kappa shape index (κ3) is 3.35. The van der Waals surface area contributed by atoms with E-state index >= 15 is 0 Å². The summed E-state index contributed by atoms with van der Waals surface area (Å²) in [5, 5.41) is 13.0. The molecule has 0 saturated carbocycles. The lowest BCUT2D eigenvalue weighted by molar-refractivity contribution is -0.123. The van der Waals surface area contributed by atoms with Crippen LogP contribution in [0.5, 0.6) is 0 Å². The Morgan fingerprint density at radius 1 is 1.39 bits per heavy atom.